The molecule has 0 bridgehead atoms. The predicted molar refractivity (Wildman–Crippen MR) is 63.6 cm³/mol. The number of rotatable bonds is 5. The Morgan fingerprint density at radius 1 is 1.71 bits per heavy atom. The van der Waals surface area contributed by atoms with Gasteiger partial charge in [0.1, 0.15) is 11.9 Å². The molecule has 1 heterocycles. The molecule has 0 saturated heterocycles. The average Bonchev–Trinajstić information content (AvgIpc) is 2.35. The molecule has 0 N–H and O–H groups in total. The van der Waals surface area contributed by atoms with Crippen LogP contribution in [0.3, 0.4) is 0 Å². The van der Waals surface area contributed by atoms with Crippen LogP contribution in [-0.2, 0) is 0 Å². The van der Waals surface area contributed by atoms with Crippen LogP contribution >= 0.6 is 0 Å². The predicted octanol–water partition coefficient (Wildman–Crippen LogP) is 1.98. The second kappa shape index (κ2) is 5.80. The summed E-state index contributed by atoms with van der Waals surface area (Å²) in [5.74, 6) is -0.178. The van der Waals surface area contributed by atoms with Crippen molar-refractivity contribution in [2.24, 2.45) is 5.92 Å². The Labute approximate surface area is 99.6 Å². The molecule has 0 saturated carbocycles. The van der Waals surface area contributed by atoms with Gasteiger partial charge in [-0.25, -0.2) is 0 Å². The average molecular weight is 234 g/mol. The Balaban J connectivity index is 3.04. The van der Waals surface area contributed by atoms with Gasteiger partial charge in [-0.3, -0.25) is 15.1 Å². The molecule has 17 heavy (non-hydrogen) atoms. The Morgan fingerprint density at radius 2 is 2.41 bits per heavy atom. The van der Waals surface area contributed by atoms with Crippen molar-refractivity contribution < 1.29 is 4.92 Å². The highest BCUT2D eigenvalue weighted by Gasteiger charge is 2.19. The SMILES string of the molecule is CCN(CC(C)C#N)c1ccncc1[N+](=O)[O-]. The van der Waals surface area contributed by atoms with E-state index in [-0.39, 0.29) is 11.6 Å². The second-order valence-electron chi connectivity index (χ2n) is 3.69. The fraction of sp³-hybridized carbons (Fsp3) is 0.455. The van der Waals surface area contributed by atoms with Crippen molar-refractivity contribution in [2.75, 3.05) is 18.0 Å². The summed E-state index contributed by atoms with van der Waals surface area (Å²) in [6.45, 7) is 4.76. The van der Waals surface area contributed by atoms with E-state index in [4.69, 9.17) is 5.26 Å². The Hall–Kier alpha value is -2.16. The molecule has 6 nitrogen and oxygen atoms in total. The Bertz CT molecular complexity index is 441. The van der Waals surface area contributed by atoms with E-state index in [2.05, 4.69) is 11.1 Å². The molecule has 1 unspecified atom stereocenters. The summed E-state index contributed by atoms with van der Waals surface area (Å²) in [6.07, 6.45) is 2.75. The maximum Gasteiger partial charge on any atom is 0.310 e. The van der Waals surface area contributed by atoms with Gasteiger partial charge in [0.2, 0.25) is 0 Å². The summed E-state index contributed by atoms with van der Waals surface area (Å²) >= 11 is 0. The number of anilines is 1. The molecule has 0 aromatic carbocycles. The van der Waals surface area contributed by atoms with E-state index in [0.717, 1.165) is 0 Å². The minimum Gasteiger partial charge on any atom is -0.365 e. The third kappa shape index (κ3) is 3.14. The number of pyridine rings is 1. The molecule has 1 atom stereocenters. The maximum absolute atomic E-state index is 10.9. The highest BCUT2D eigenvalue weighted by molar-refractivity contribution is 5.61. The van der Waals surface area contributed by atoms with Crippen LogP contribution in [0.2, 0.25) is 0 Å². The molecule has 90 valence electrons. The number of nitriles is 1. The lowest BCUT2D eigenvalue weighted by atomic mass is 10.2. The van der Waals surface area contributed by atoms with E-state index in [1.165, 1.54) is 12.4 Å². The van der Waals surface area contributed by atoms with Crippen molar-refractivity contribution in [1.29, 1.82) is 5.26 Å². The van der Waals surface area contributed by atoms with Crippen LogP contribution in [0.5, 0.6) is 0 Å². The zero-order chi connectivity index (χ0) is 12.8. The summed E-state index contributed by atoms with van der Waals surface area (Å²) in [4.78, 5) is 16.0. The first kappa shape index (κ1) is 12.9. The van der Waals surface area contributed by atoms with E-state index >= 15 is 0 Å². The summed E-state index contributed by atoms with van der Waals surface area (Å²) < 4.78 is 0. The van der Waals surface area contributed by atoms with Gasteiger partial charge in [0.25, 0.3) is 0 Å². The molecule has 0 aliphatic heterocycles. The zero-order valence-corrected chi connectivity index (χ0v) is 9.83. The first-order chi connectivity index (χ1) is 8.10. The third-order valence-corrected chi connectivity index (χ3v) is 2.41. The number of hydrogen-bond donors (Lipinski definition) is 0. The highest BCUT2D eigenvalue weighted by Crippen LogP contribution is 2.26. The molecule has 0 radical (unpaired) electrons. The van der Waals surface area contributed by atoms with Crippen LogP contribution in [0.25, 0.3) is 0 Å². The molecule has 0 spiro atoms. The fourth-order valence-electron chi connectivity index (χ4n) is 1.56. The third-order valence-electron chi connectivity index (χ3n) is 2.41. The van der Waals surface area contributed by atoms with Gasteiger partial charge in [0, 0.05) is 19.3 Å². The zero-order valence-electron chi connectivity index (χ0n) is 9.83. The number of nitrogens with zero attached hydrogens (tertiary/aromatic N) is 4. The molecule has 0 aliphatic carbocycles. The molecule has 1 aromatic heterocycles. The molecular formula is C11H14N4O2. The van der Waals surface area contributed by atoms with Crippen molar-refractivity contribution >= 4 is 11.4 Å². The van der Waals surface area contributed by atoms with Crippen molar-refractivity contribution in [2.45, 2.75) is 13.8 Å². The first-order valence-electron chi connectivity index (χ1n) is 5.33. The van der Waals surface area contributed by atoms with Gasteiger partial charge in [0.05, 0.1) is 16.9 Å². The molecule has 0 amide bonds. The lowest BCUT2D eigenvalue weighted by Crippen LogP contribution is -2.28. The van der Waals surface area contributed by atoms with Gasteiger partial charge in [-0.1, -0.05) is 0 Å². The van der Waals surface area contributed by atoms with Gasteiger partial charge >= 0.3 is 5.69 Å². The molecule has 1 rings (SSSR count). The smallest absolute Gasteiger partial charge is 0.310 e. The van der Waals surface area contributed by atoms with E-state index in [0.29, 0.717) is 18.8 Å². The molecule has 0 aliphatic rings. The number of hydrogen-bond acceptors (Lipinski definition) is 5. The van der Waals surface area contributed by atoms with Gasteiger partial charge < -0.3 is 4.90 Å². The lowest BCUT2D eigenvalue weighted by Gasteiger charge is -2.23. The van der Waals surface area contributed by atoms with Crippen LogP contribution in [0.1, 0.15) is 13.8 Å². The van der Waals surface area contributed by atoms with Gasteiger partial charge in [-0.15, -0.1) is 0 Å². The Morgan fingerprint density at radius 3 is 2.94 bits per heavy atom. The van der Waals surface area contributed by atoms with Crippen LogP contribution in [-0.4, -0.2) is 23.0 Å². The summed E-state index contributed by atoms with van der Waals surface area (Å²) in [5.41, 5.74) is 0.481. The van der Waals surface area contributed by atoms with Crippen molar-refractivity contribution in [3.8, 4) is 6.07 Å². The maximum atomic E-state index is 10.9. The molecule has 0 fully saturated rings. The minimum atomic E-state index is -0.456. The topological polar surface area (TPSA) is 83.1 Å². The first-order valence-corrected chi connectivity index (χ1v) is 5.33. The number of aromatic nitrogens is 1. The van der Waals surface area contributed by atoms with Crippen LogP contribution in [0, 0.1) is 27.4 Å². The van der Waals surface area contributed by atoms with Gasteiger partial charge in [-0.2, -0.15) is 5.26 Å². The fourth-order valence-corrected chi connectivity index (χ4v) is 1.56. The molecule has 6 heteroatoms. The van der Waals surface area contributed by atoms with Gasteiger partial charge in [0.15, 0.2) is 0 Å². The van der Waals surface area contributed by atoms with E-state index in [1.807, 2.05) is 11.8 Å². The van der Waals surface area contributed by atoms with Crippen molar-refractivity contribution in [3.05, 3.63) is 28.6 Å². The second-order valence-corrected chi connectivity index (χ2v) is 3.69. The normalized spacial score (nSPS) is 11.6. The van der Waals surface area contributed by atoms with Crippen molar-refractivity contribution in [1.82, 2.24) is 4.98 Å². The van der Waals surface area contributed by atoms with E-state index in [9.17, 15) is 10.1 Å². The quantitative estimate of drug-likeness (QED) is 0.574. The van der Waals surface area contributed by atoms with Gasteiger partial charge in [-0.05, 0) is 19.9 Å². The van der Waals surface area contributed by atoms with Crippen molar-refractivity contribution in [3.63, 3.8) is 0 Å². The molecule has 1 aromatic rings. The highest BCUT2D eigenvalue weighted by atomic mass is 16.6. The Kier molecular flexibility index (Phi) is 4.40. The molecular weight excluding hydrogens is 220 g/mol. The van der Waals surface area contributed by atoms with Crippen LogP contribution in [0.4, 0.5) is 11.4 Å². The summed E-state index contributed by atoms with van der Waals surface area (Å²) in [6, 6.07) is 3.72. The van der Waals surface area contributed by atoms with Crippen LogP contribution in [0.15, 0.2) is 18.5 Å². The largest absolute Gasteiger partial charge is 0.365 e. The lowest BCUT2D eigenvalue weighted by molar-refractivity contribution is -0.384. The summed E-state index contributed by atoms with van der Waals surface area (Å²) in [7, 11) is 0. The monoisotopic (exact) mass is 234 g/mol. The summed E-state index contributed by atoms with van der Waals surface area (Å²) in [5, 5.41) is 19.7. The standard InChI is InChI=1S/C11H14N4O2/c1-3-14(8-9(2)6-12)10-4-5-13-7-11(10)15(16)17/h4-5,7,9H,3,8H2,1-2H3. The van der Waals surface area contributed by atoms with E-state index in [1.54, 1.807) is 13.0 Å². The number of nitro groups is 1. The van der Waals surface area contributed by atoms with Crippen LogP contribution < -0.4 is 4.90 Å². The minimum absolute atomic E-state index is 0.0283. The van der Waals surface area contributed by atoms with E-state index < -0.39 is 4.92 Å².